The van der Waals surface area contributed by atoms with Crippen LogP contribution in [0.5, 0.6) is 5.75 Å². The van der Waals surface area contributed by atoms with E-state index >= 15 is 0 Å². The molecule has 0 aliphatic rings. The van der Waals surface area contributed by atoms with Crippen LogP contribution in [-0.2, 0) is 0 Å². The van der Waals surface area contributed by atoms with Crippen LogP contribution in [-0.4, -0.2) is 23.1 Å². The molecule has 0 saturated heterocycles. The number of nitrogens with two attached hydrogens (primary N) is 1. The van der Waals surface area contributed by atoms with Crippen LogP contribution in [0.25, 0.3) is 0 Å². The zero-order chi connectivity index (χ0) is 12.8. The molecule has 0 aliphatic carbocycles. The lowest BCUT2D eigenvalue weighted by molar-refractivity contribution is 0.334. The zero-order valence-corrected chi connectivity index (χ0v) is 9.72. The third-order valence-corrected chi connectivity index (χ3v) is 2.28. The summed E-state index contributed by atoms with van der Waals surface area (Å²) < 4.78 is 5.47. The minimum Gasteiger partial charge on any atom is -0.490 e. The first kappa shape index (κ1) is 12.0. The molecule has 94 valence electrons. The average molecular weight is 246 g/mol. The van der Waals surface area contributed by atoms with Crippen LogP contribution in [0.3, 0.4) is 0 Å². The first-order valence-electron chi connectivity index (χ1n) is 5.52. The second-order valence-corrected chi connectivity index (χ2v) is 3.58. The molecule has 2 aromatic rings. The molecule has 6 nitrogen and oxygen atoms in total. The van der Waals surface area contributed by atoms with Crippen molar-refractivity contribution in [1.82, 2.24) is 9.97 Å². The topological polar surface area (TPSA) is 93.0 Å². The van der Waals surface area contributed by atoms with Crippen molar-refractivity contribution in [2.75, 3.05) is 24.2 Å². The Balaban J connectivity index is 1.82. The van der Waals surface area contributed by atoms with Gasteiger partial charge >= 0.3 is 0 Å². The summed E-state index contributed by atoms with van der Waals surface area (Å²) >= 11 is 0. The van der Waals surface area contributed by atoms with E-state index in [1.54, 1.807) is 12.1 Å². The number of rotatable bonds is 5. The molecule has 0 aliphatic heterocycles. The van der Waals surface area contributed by atoms with Crippen LogP contribution >= 0.6 is 0 Å². The van der Waals surface area contributed by atoms with Gasteiger partial charge in [-0.15, -0.1) is 0 Å². The molecule has 0 saturated carbocycles. The van der Waals surface area contributed by atoms with Crippen LogP contribution in [0.2, 0.25) is 0 Å². The van der Waals surface area contributed by atoms with Crippen LogP contribution in [0.4, 0.5) is 11.5 Å². The van der Waals surface area contributed by atoms with Crippen molar-refractivity contribution in [3.63, 3.8) is 0 Å². The summed E-state index contributed by atoms with van der Waals surface area (Å²) in [5.74, 6) is 0.913. The number of aromatic nitrogens is 2. The van der Waals surface area contributed by atoms with Crippen molar-refractivity contribution >= 4 is 11.5 Å². The second-order valence-electron chi connectivity index (χ2n) is 3.58. The van der Waals surface area contributed by atoms with Gasteiger partial charge in [-0.2, -0.15) is 0 Å². The van der Waals surface area contributed by atoms with Gasteiger partial charge in [-0.05, 0) is 12.1 Å². The summed E-state index contributed by atoms with van der Waals surface area (Å²) in [4.78, 5) is 17.7. The van der Waals surface area contributed by atoms with E-state index in [-0.39, 0.29) is 11.4 Å². The van der Waals surface area contributed by atoms with E-state index in [4.69, 9.17) is 10.5 Å². The fraction of sp³-hybridized carbons (Fsp3) is 0.167. The molecular formula is C12H14N4O2. The molecular weight excluding hydrogens is 232 g/mol. The monoisotopic (exact) mass is 246 g/mol. The van der Waals surface area contributed by atoms with Crippen LogP contribution in [0.1, 0.15) is 0 Å². The number of benzene rings is 1. The van der Waals surface area contributed by atoms with Crippen LogP contribution in [0.15, 0.2) is 41.5 Å². The summed E-state index contributed by atoms with van der Waals surface area (Å²) in [7, 11) is 0. The molecule has 2 rings (SSSR count). The molecule has 6 heteroatoms. The molecule has 0 atom stereocenters. The maximum atomic E-state index is 11.3. The number of nitrogens with zero attached hydrogens (tertiary/aromatic N) is 1. The van der Waals surface area contributed by atoms with E-state index in [1.807, 2.05) is 12.1 Å². The highest BCUT2D eigenvalue weighted by atomic mass is 16.5. The number of nitrogens with one attached hydrogen (secondary N) is 2. The first-order valence-corrected chi connectivity index (χ1v) is 5.52. The van der Waals surface area contributed by atoms with Gasteiger partial charge in [0.1, 0.15) is 12.4 Å². The summed E-state index contributed by atoms with van der Waals surface area (Å²) in [6.45, 7) is 0.860. The number of nitrogen functional groups attached to an aromatic ring is 1. The van der Waals surface area contributed by atoms with E-state index in [0.29, 0.717) is 24.6 Å². The number of hydrogen-bond donors (Lipinski definition) is 3. The molecule has 0 bridgehead atoms. The van der Waals surface area contributed by atoms with E-state index in [2.05, 4.69) is 15.3 Å². The number of anilines is 2. The lowest BCUT2D eigenvalue weighted by atomic mass is 10.3. The Labute approximate surface area is 104 Å². The smallest absolute Gasteiger partial charge is 0.290 e. The molecule has 0 spiro atoms. The minimum atomic E-state index is -0.253. The van der Waals surface area contributed by atoms with Crippen molar-refractivity contribution in [2.24, 2.45) is 0 Å². The zero-order valence-electron chi connectivity index (χ0n) is 9.72. The van der Waals surface area contributed by atoms with Crippen molar-refractivity contribution < 1.29 is 4.74 Å². The third kappa shape index (κ3) is 3.00. The summed E-state index contributed by atoms with van der Waals surface area (Å²) in [5.41, 5.74) is 6.06. The number of aromatic amines is 1. The van der Waals surface area contributed by atoms with Crippen LogP contribution in [0, 0.1) is 0 Å². The van der Waals surface area contributed by atoms with E-state index in [9.17, 15) is 4.79 Å². The fourth-order valence-corrected chi connectivity index (χ4v) is 1.42. The van der Waals surface area contributed by atoms with Gasteiger partial charge in [-0.3, -0.25) is 4.79 Å². The lowest BCUT2D eigenvalue weighted by Crippen LogP contribution is -2.19. The van der Waals surface area contributed by atoms with Gasteiger partial charge in [0.2, 0.25) is 0 Å². The van der Waals surface area contributed by atoms with E-state index < -0.39 is 0 Å². The molecule has 0 radical (unpaired) electrons. The van der Waals surface area contributed by atoms with Gasteiger partial charge < -0.3 is 20.8 Å². The molecule has 18 heavy (non-hydrogen) atoms. The van der Waals surface area contributed by atoms with Gasteiger partial charge in [-0.25, -0.2) is 4.98 Å². The quantitative estimate of drug-likeness (QED) is 0.537. The molecule has 1 aromatic carbocycles. The summed E-state index contributed by atoms with van der Waals surface area (Å²) in [5, 5.41) is 2.88. The minimum absolute atomic E-state index is 0.253. The molecule has 1 aromatic heterocycles. The number of para-hydroxylation sites is 2. The van der Waals surface area contributed by atoms with Gasteiger partial charge in [0, 0.05) is 12.4 Å². The fourth-order valence-electron chi connectivity index (χ4n) is 1.42. The Kier molecular flexibility index (Phi) is 3.80. The maximum Gasteiger partial charge on any atom is 0.290 e. The molecule has 0 amide bonds. The maximum absolute atomic E-state index is 11.3. The van der Waals surface area contributed by atoms with E-state index in [1.165, 1.54) is 12.4 Å². The van der Waals surface area contributed by atoms with Gasteiger partial charge in [-0.1, -0.05) is 12.1 Å². The number of ether oxygens (including phenoxy) is 1. The number of H-pyrrole nitrogens is 1. The molecule has 4 N–H and O–H groups in total. The predicted molar refractivity (Wildman–Crippen MR) is 69.7 cm³/mol. The van der Waals surface area contributed by atoms with Crippen molar-refractivity contribution in [2.45, 2.75) is 0 Å². The van der Waals surface area contributed by atoms with E-state index in [0.717, 1.165) is 0 Å². The Bertz CT molecular complexity index is 568. The van der Waals surface area contributed by atoms with Gasteiger partial charge in [0.05, 0.1) is 12.2 Å². The SMILES string of the molecule is Nc1ccccc1OCCNc1ncc[nH]c1=O. The Morgan fingerprint density at radius 3 is 3.00 bits per heavy atom. The highest BCUT2D eigenvalue weighted by Crippen LogP contribution is 2.19. The van der Waals surface area contributed by atoms with Crippen LogP contribution < -0.4 is 21.3 Å². The lowest BCUT2D eigenvalue weighted by Gasteiger charge is -2.09. The summed E-state index contributed by atoms with van der Waals surface area (Å²) in [6, 6.07) is 7.26. The average Bonchev–Trinajstić information content (AvgIpc) is 2.38. The first-order chi connectivity index (χ1) is 8.77. The molecule has 0 fully saturated rings. The highest BCUT2D eigenvalue weighted by molar-refractivity contribution is 5.51. The largest absolute Gasteiger partial charge is 0.490 e. The normalized spacial score (nSPS) is 10.0. The van der Waals surface area contributed by atoms with Crippen molar-refractivity contribution in [3.8, 4) is 5.75 Å². The number of hydrogen-bond acceptors (Lipinski definition) is 5. The molecule has 0 unspecified atom stereocenters. The van der Waals surface area contributed by atoms with Gasteiger partial charge in [0.15, 0.2) is 5.82 Å². The van der Waals surface area contributed by atoms with Crippen molar-refractivity contribution in [1.29, 1.82) is 0 Å². The van der Waals surface area contributed by atoms with Crippen molar-refractivity contribution in [3.05, 3.63) is 47.0 Å². The Morgan fingerprint density at radius 2 is 2.22 bits per heavy atom. The Morgan fingerprint density at radius 1 is 1.39 bits per heavy atom. The standard InChI is InChI=1S/C12H14N4O2/c13-9-3-1-2-4-10(9)18-8-7-15-11-12(17)16-6-5-14-11/h1-6H,7-8,13H2,(H,14,15)(H,16,17). The third-order valence-electron chi connectivity index (χ3n) is 2.28. The second kappa shape index (κ2) is 5.72. The van der Waals surface area contributed by atoms with Gasteiger partial charge in [0.25, 0.3) is 5.56 Å². The Hall–Kier alpha value is -2.50. The highest BCUT2D eigenvalue weighted by Gasteiger charge is 2.00. The predicted octanol–water partition coefficient (Wildman–Crippen LogP) is 0.843. The molecule has 1 heterocycles. The summed E-state index contributed by atoms with van der Waals surface area (Å²) in [6.07, 6.45) is 2.99.